The quantitative estimate of drug-likeness (QED) is 0.922. The second kappa shape index (κ2) is 6.91. The lowest BCUT2D eigenvalue weighted by molar-refractivity contribution is -0.0208. The van der Waals surface area contributed by atoms with Gasteiger partial charge in [-0.1, -0.05) is 45.0 Å². The molecule has 1 N–H and O–H groups in total. The Morgan fingerprint density at radius 3 is 2.48 bits per heavy atom. The number of morpholine rings is 1. The Kier molecular flexibility index (Phi) is 5.42. The molecule has 0 bridgehead atoms. The van der Waals surface area contributed by atoms with Crippen molar-refractivity contribution in [3.05, 3.63) is 35.4 Å². The second-order valence-electron chi connectivity index (χ2n) is 7.15. The van der Waals surface area contributed by atoms with Crippen molar-refractivity contribution < 1.29 is 4.74 Å². The lowest BCUT2D eigenvalue weighted by Crippen LogP contribution is -2.44. The van der Waals surface area contributed by atoms with E-state index >= 15 is 0 Å². The van der Waals surface area contributed by atoms with E-state index in [-0.39, 0.29) is 5.41 Å². The third kappa shape index (κ3) is 4.53. The van der Waals surface area contributed by atoms with Gasteiger partial charge in [0.2, 0.25) is 0 Å². The topological polar surface area (TPSA) is 24.5 Å². The van der Waals surface area contributed by atoms with Crippen LogP contribution in [0.5, 0.6) is 0 Å². The van der Waals surface area contributed by atoms with Crippen LogP contribution in [0, 0.1) is 0 Å². The summed E-state index contributed by atoms with van der Waals surface area (Å²) in [6, 6.07) is 9.45. The number of nitrogens with zero attached hydrogens (tertiary/aromatic N) is 1. The summed E-state index contributed by atoms with van der Waals surface area (Å²) >= 11 is 0. The lowest BCUT2D eigenvalue weighted by atomic mass is 9.86. The van der Waals surface area contributed by atoms with Gasteiger partial charge in [-0.05, 0) is 30.5 Å². The molecule has 21 heavy (non-hydrogen) atoms. The third-order valence-electron chi connectivity index (χ3n) is 4.29. The number of benzene rings is 1. The average Bonchev–Trinajstić information content (AvgIpc) is 2.44. The van der Waals surface area contributed by atoms with Gasteiger partial charge in [-0.25, -0.2) is 0 Å². The van der Waals surface area contributed by atoms with Crippen molar-refractivity contribution in [3.8, 4) is 0 Å². The first-order chi connectivity index (χ1) is 9.90. The first-order valence-corrected chi connectivity index (χ1v) is 8.02. The van der Waals surface area contributed by atoms with Crippen molar-refractivity contribution in [2.45, 2.75) is 45.3 Å². The molecule has 1 aromatic rings. The van der Waals surface area contributed by atoms with Gasteiger partial charge in [-0.2, -0.15) is 0 Å². The van der Waals surface area contributed by atoms with E-state index in [4.69, 9.17) is 4.74 Å². The van der Waals surface area contributed by atoms with Crippen molar-refractivity contribution in [3.63, 3.8) is 0 Å². The Balaban J connectivity index is 2.03. The summed E-state index contributed by atoms with van der Waals surface area (Å²) in [5.41, 5.74) is 2.97. The number of hydrogen-bond donors (Lipinski definition) is 1. The Labute approximate surface area is 129 Å². The molecule has 0 amide bonds. The summed E-state index contributed by atoms with van der Waals surface area (Å²) in [4.78, 5) is 2.49. The number of ether oxygens (including phenoxy) is 1. The van der Waals surface area contributed by atoms with E-state index in [9.17, 15) is 0 Å². The summed E-state index contributed by atoms with van der Waals surface area (Å²) in [6.07, 6.45) is 0.347. The van der Waals surface area contributed by atoms with Crippen molar-refractivity contribution in [2.24, 2.45) is 0 Å². The summed E-state index contributed by atoms with van der Waals surface area (Å²) in [7, 11) is 2.05. The number of likely N-dealkylation sites (N-methyl/N-ethyl adjacent to an activating group) is 1. The smallest absolute Gasteiger partial charge is 0.0674 e. The summed E-state index contributed by atoms with van der Waals surface area (Å²) in [6.45, 7) is 12.9. The zero-order chi connectivity index (χ0) is 15.5. The Morgan fingerprint density at radius 2 is 1.95 bits per heavy atom. The monoisotopic (exact) mass is 290 g/mol. The van der Waals surface area contributed by atoms with E-state index in [1.54, 1.807) is 0 Å². The van der Waals surface area contributed by atoms with Gasteiger partial charge in [-0.15, -0.1) is 0 Å². The Morgan fingerprint density at radius 1 is 1.29 bits per heavy atom. The fraction of sp³-hybridized carbons (Fsp3) is 0.667. The molecule has 1 aliphatic heterocycles. The SMILES string of the molecule is CNC(CN1CCOC(C)C1)c1ccc(C(C)(C)C)cc1. The van der Waals surface area contributed by atoms with Crippen LogP contribution < -0.4 is 5.32 Å². The first-order valence-electron chi connectivity index (χ1n) is 8.02. The van der Waals surface area contributed by atoms with Gasteiger partial charge in [0.15, 0.2) is 0 Å². The molecule has 0 radical (unpaired) electrons. The zero-order valence-electron chi connectivity index (χ0n) is 14.1. The molecule has 3 nitrogen and oxygen atoms in total. The molecule has 2 rings (SSSR count). The van der Waals surface area contributed by atoms with Gasteiger partial charge < -0.3 is 10.1 Å². The van der Waals surface area contributed by atoms with Gasteiger partial charge in [0.1, 0.15) is 0 Å². The van der Waals surface area contributed by atoms with E-state index in [1.165, 1.54) is 11.1 Å². The molecular formula is C18H30N2O. The highest BCUT2D eigenvalue weighted by Gasteiger charge is 2.21. The Hall–Kier alpha value is -0.900. The van der Waals surface area contributed by atoms with Crippen LogP contribution in [0.15, 0.2) is 24.3 Å². The van der Waals surface area contributed by atoms with Crippen LogP contribution >= 0.6 is 0 Å². The molecule has 2 atom stereocenters. The predicted octanol–water partition coefficient (Wildman–Crippen LogP) is 2.97. The number of hydrogen-bond acceptors (Lipinski definition) is 3. The van der Waals surface area contributed by atoms with E-state index in [0.29, 0.717) is 12.1 Å². The van der Waals surface area contributed by atoms with Crippen molar-refractivity contribution >= 4 is 0 Å². The standard InChI is InChI=1S/C18H30N2O/c1-14-12-20(10-11-21-14)13-17(19-5)15-6-8-16(9-7-15)18(2,3)4/h6-9,14,17,19H,10-13H2,1-5H3. The Bertz CT molecular complexity index is 436. The van der Waals surface area contributed by atoms with Gasteiger partial charge in [0.05, 0.1) is 12.7 Å². The van der Waals surface area contributed by atoms with Gasteiger partial charge in [-0.3, -0.25) is 4.90 Å². The minimum atomic E-state index is 0.216. The van der Waals surface area contributed by atoms with E-state index in [0.717, 1.165) is 26.2 Å². The maximum atomic E-state index is 5.62. The fourth-order valence-electron chi connectivity index (χ4n) is 2.89. The van der Waals surface area contributed by atoms with Crippen LogP contribution in [0.3, 0.4) is 0 Å². The highest BCUT2D eigenvalue weighted by Crippen LogP contribution is 2.24. The maximum absolute atomic E-state index is 5.62. The second-order valence-corrected chi connectivity index (χ2v) is 7.15. The van der Waals surface area contributed by atoms with Crippen LogP contribution in [0.2, 0.25) is 0 Å². The first kappa shape index (κ1) is 16.5. The summed E-state index contributed by atoms with van der Waals surface area (Å²) in [5.74, 6) is 0. The number of rotatable bonds is 4. The largest absolute Gasteiger partial charge is 0.376 e. The van der Waals surface area contributed by atoms with Crippen molar-refractivity contribution in [2.75, 3.05) is 33.3 Å². The normalized spacial score (nSPS) is 22.2. The fourth-order valence-corrected chi connectivity index (χ4v) is 2.89. The highest BCUT2D eigenvalue weighted by molar-refractivity contribution is 5.29. The van der Waals surface area contributed by atoms with Crippen LogP contribution in [-0.4, -0.2) is 44.3 Å². The van der Waals surface area contributed by atoms with Gasteiger partial charge in [0.25, 0.3) is 0 Å². The van der Waals surface area contributed by atoms with Crippen molar-refractivity contribution in [1.29, 1.82) is 0 Å². The molecule has 1 aliphatic rings. The summed E-state index contributed by atoms with van der Waals surface area (Å²) < 4.78 is 5.62. The molecule has 118 valence electrons. The summed E-state index contributed by atoms with van der Waals surface area (Å²) in [5, 5.41) is 3.46. The van der Waals surface area contributed by atoms with E-state index in [2.05, 4.69) is 62.2 Å². The molecule has 1 saturated heterocycles. The maximum Gasteiger partial charge on any atom is 0.0674 e. The van der Waals surface area contributed by atoms with Gasteiger partial charge in [0, 0.05) is 25.7 Å². The zero-order valence-corrected chi connectivity index (χ0v) is 14.1. The molecule has 2 unspecified atom stereocenters. The van der Waals surface area contributed by atoms with Crippen LogP contribution in [0.25, 0.3) is 0 Å². The average molecular weight is 290 g/mol. The van der Waals surface area contributed by atoms with Crippen LogP contribution in [-0.2, 0) is 10.2 Å². The minimum Gasteiger partial charge on any atom is -0.376 e. The molecular weight excluding hydrogens is 260 g/mol. The minimum absolute atomic E-state index is 0.216. The van der Waals surface area contributed by atoms with Crippen LogP contribution in [0.1, 0.15) is 44.9 Å². The molecule has 0 aromatic heterocycles. The van der Waals surface area contributed by atoms with E-state index in [1.807, 2.05) is 7.05 Å². The third-order valence-corrected chi connectivity index (χ3v) is 4.29. The van der Waals surface area contributed by atoms with E-state index < -0.39 is 0 Å². The molecule has 0 spiro atoms. The molecule has 1 fully saturated rings. The molecule has 1 aromatic carbocycles. The molecule has 0 saturated carbocycles. The number of nitrogens with one attached hydrogen (secondary N) is 1. The predicted molar refractivity (Wildman–Crippen MR) is 88.8 cm³/mol. The van der Waals surface area contributed by atoms with Crippen molar-refractivity contribution in [1.82, 2.24) is 10.2 Å². The highest BCUT2D eigenvalue weighted by atomic mass is 16.5. The van der Waals surface area contributed by atoms with Gasteiger partial charge >= 0.3 is 0 Å². The molecule has 3 heteroatoms. The lowest BCUT2D eigenvalue weighted by Gasteiger charge is -2.34. The van der Waals surface area contributed by atoms with Crippen LogP contribution in [0.4, 0.5) is 0 Å². The molecule has 0 aliphatic carbocycles. The molecule has 1 heterocycles.